The minimum absolute atomic E-state index is 0.0348. The standard InChI is InChI=1S/C32H31N5O2/c1-22(2)39-17-9-15-29(38)24-18-25(20-33-19-24)31-28-14-8-13-27(23-10-4-3-5-11-23)30(28)32(37-36-31)35-21-26-12-6-7-16-34-26/h3-8,10-14,16,18-20,22H,9,15,17,21H2,1-2H3,(H,35,37). The van der Waals surface area contributed by atoms with Crippen LogP contribution in [0, 0.1) is 0 Å². The number of pyridine rings is 2. The van der Waals surface area contributed by atoms with E-state index in [4.69, 9.17) is 4.74 Å². The van der Waals surface area contributed by atoms with Gasteiger partial charge in [0.1, 0.15) is 5.69 Å². The number of aromatic nitrogens is 4. The SMILES string of the molecule is CC(C)OCCCC(=O)c1cncc(-c2nnc(NCc3ccccn3)c3c(-c4ccccc4)cccc23)c1. The number of nitrogens with zero attached hydrogens (tertiary/aromatic N) is 4. The number of ether oxygens (including phenoxy) is 1. The summed E-state index contributed by atoms with van der Waals surface area (Å²) >= 11 is 0. The van der Waals surface area contributed by atoms with Crippen molar-refractivity contribution in [2.45, 2.75) is 39.3 Å². The Morgan fingerprint density at radius 2 is 1.77 bits per heavy atom. The predicted molar refractivity (Wildman–Crippen MR) is 154 cm³/mol. The van der Waals surface area contributed by atoms with Gasteiger partial charge in [-0.3, -0.25) is 14.8 Å². The molecular formula is C32H31N5O2. The second-order valence-corrected chi connectivity index (χ2v) is 9.57. The molecule has 0 aliphatic carbocycles. The largest absolute Gasteiger partial charge is 0.379 e. The summed E-state index contributed by atoms with van der Waals surface area (Å²) < 4.78 is 5.58. The van der Waals surface area contributed by atoms with Crippen LogP contribution in [0.25, 0.3) is 33.2 Å². The number of carbonyl (C=O) groups excluding carboxylic acids is 1. The van der Waals surface area contributed by atoms with Crippen LogP contribution < -0.4 is 5.32 Å². The zero-order valence-corrected chi connectivity index (χ0v) is 22.2. The van der Waals surface area contributed by atoms with Gasteiger partial charge in [-0.05, 0) is 49.6 Å². The molecule has 3 heterocycles. The van der Waals surface area contributed by atoms with Crippen LogP contribution in [0.2, 0.25) is 0 Å². The van der Waals surface area contributed by atoms with Crippen LogP contribution in [0.5, 0.6) is 0 Å². The number of benzene rings is 2. The van der Waals surface area contributed by atoms with E-state index in [1.165, 1.54) is 0 Å². The van der Waals surface area contributed by atoms with Crippen molar-refractivity contribution in [1.29, 1.82) is 0 Å². The lowest BCUT2D eigenvalue weighted by atomic mass is 9.96. The maximum absolute atomic E-state index is 12.9. The molecule has 0 fully saturated rings. The van der Waals surface area contributed by atoms with Gasteiger partial charge >= 0.3 is 0 Å². The van der Waals surface area contributed by atoms with Gasteiger partial charge in [0.15, 0.2) is 11.6 Å². The van der Waals surface area contributed by atoms with E-state index in [1.807, 2.05) is 68.4 Å². The number of fused-ring (bicyclic) bond motifs is 1. The fraction of sp³-hybridized carbons (Fsp3) is 0.219. The number of hydrogen-bond acceptors (Lipinski definition) is 7. The second-order valence-electron chi connectivity index (χ2n) is 9.57. The Labute approximate surface area is 228 Å². The van der Waals surface area contributed by atoms with E-state index < -0.39 is 0 Å². The number of hydrogen-bond donors (Lipinski definition) is 1. The second kappa shape index (κ2) is 12.4. The van der Waals surface area contributed by atoms with Crippen molar-refractivity contribution >= 4 is 22.4 Å². The van der Waals surface area contributed by atoms with Gasteiger partial charge in [-0.2, -0.15) is 0 Å². The Kier molecular flexibility index (Phi) is 8.29. The third kappa shape index (κ3) is 6.33. The van der Waals surface area contributed by atoms with Gasteiger partial charge in [-0.1, -0.05) is 54.6 Å². The van der Waals surface area contributed by atoms with Crippen LogP contribution >= 0.6 is 0 Å². The lowest BCUT2D eigenvalue weighted by Gasteiger charge is -2.15. The van der Waals surface area contributed by atoms with Crippen LogP contribution in [0.1, 0.15) is 42.7 Å². The number of anilines is 1. The van der Waals surface area contributed by atoms with E-state index >= 15 is 0 Å². The van der Waals surface area contributed by atoms with Crippen molar-refractivity contribution in [3.8, 4) is 22.4 Å². The van der Waals surface area contributed by atoms with Gasteiger partial charge in [0, 0.05) is 53.5 Å². The Hall–Kier alpha value is -4.49. The summed E-state index contributed by atoms with van der Waals surface area (Å²) in [6.07, 6.45) is 6.35. The molecule has 0 unspecified atom stereocenters. The highest BCUT2D eigenvalue weighted by Gasteiger charge is 2.17. The molecular weight excluding hydrogens is 486 g/mol. The minimum atomic E-state index is 0.0348. The van der Waals surface area contributed by atoms with Crippen molar-refractivity contribution in [1.82, 2.24) is 20.2 Å². The van der Waals surface area contributed by atoms with Crippen LogP contribution in [-0.4, -0.2) is 38.7 Å². The zero-order chi connectivity index (χ0) is 27.0. The third-order valence-electron chi connectivity index (χ3n) is 6.39. The van der Waals surface area contributed by atoms with Gasteiger partial charge in [-0.25, -0.2) is 0 Å². The molecule has 7 nitrogen and oxygen atoms in total. The molecule has 39 heavy (non-hydrogen) atoms. The Morgan fingerprint density at radius 3 is 2.56 bits per heavy atom. The molecule has 5 rings (SSSR count). The fourth-order valence-corrected chi connectivity index (χ4v) is 4.50. The number of nitrogens with one attached hydrogen (secondary N) is 1. The summed E-state index contributed by atoms with van der Waals surface area (Å²) in [7, 11) is 0. The van der Waals surface area contributed by atoms with Crippen molar-refractivity contribution < 1.29 is 9.53 Å². The monoisotopic (exact) mass is 517 g/mol. The third-order valence-corrected chi connectivity index (χ3v) is 6.39. The van der Waals surface area contributed by atoms with Crippen molar-refractivity contribution in [3.05, 3.63) is 103 Å². The molecule has 0 aliphatic rings. The first-order chi connectivity index (χ1) is 19.1. The number of ketones is 1. The van der Waals surface area contributed by atoms with Crippen molar-refractivity contribution in [2.75, 3.05) is 11.9 Å². The summed E-state index contributed by atoms with van der Waals surface area (Å²) in [5, 5.41) is 14.5. The minimum Gasteiger partial charge on any atom is -0.379 e. The molecule has 3 aromatic heterocycles. The molecule has 7 heteroatoms. The fourth-order valence-electron chi connectivity index (χ4n) is 4.50. The topological polar surface area (TPSA) is 89.9 Å². The molecule has 0 aliphatic heterocycles. The molecule has 0 saturated heterocycles. The summed E-state index contributed by atoms with van der Waals surface area (Å²) in [5.74, 6) is 0.705. The number of carbonyl (C=O) groups is 1. The van der Waals surface area contributed by atoms with Crippen LogP contribution in [0.15, 0.2) is 91.4 Å². The molecule has 1 N–H and O–H groups in total. The van der Waals surface area contributed by atoms with E-state index in [2.05, 4.69) is 43.7 Å². The quantitative estimate of drug-likeness (QED) is 0.153. The maximum Gasteiger partial charge on any atom is 0.164 e. The van der Waals surface area contributed by atoms with E-state index in [0.29, 0.717) is 43.1 Å². The lowest BCUT2D eigenvalue weighted by molar-refractivity contribution is 0.0721. The van der Waals surface area contributed by atoms with Gasteiger partial charge < -0.3 is 10.1 Å². The maximum atomic E-state index is 12.9. The first-order valence-electron chi connectivity index (χ1n) is 13.2. The van der Waals surface area contributed by atoms with Crippen molar-refractivity contribution in [3.63, 3.8) is 0 Å². The van der Waals surface area contributed by atoms with Crippen LogP contribution in [-0.2, 0) is 11.3 Å². The van der Waals surface area contributed by atoms with Gasteiger partial charge in [-0.15, -0.1) is 10.2 Å². The van der Waals surface area contributed by atoms with Gasteiger partial charge in [0.2, 0.25) is 0 Å². The summed E-state index contributed by atoms with van der Waals surface area (Å²) in [6, 6.07) is 24.1. The average molecular weight is 518 g/mol. The Balaban J connectivity index is 1.53. The smallest absolute Gasteiger partial charge is 0.164 e. The molecule has 2 aromatic carbocycles. The predicted octanol–water partition coefficient (Wildman–Crippen LogP) is 6.75. The zero-order valence-electron chi connectivity index (χ0n) is 22.2. The molecule has 0 amide bonds. The van der Waals surface area contributed by atoms with Crippen LogP contribution in [0.4, 0.5) is 5.82 Å². The summed E-state index contributed by atoms with van der Waals surface area (Å²) in [5.41, 5.74) is 5.01. The Bertz CT molecular complexity index is 1560. The molecule has 0 bridgehead atoms. The van der Waals surface area contributed by atoms with E-state index in [1.54, 1.807) is 18.6 Å². The number of Topliss-reactive ketones (excluding diaryl/α,β-unsaturated/α-hetero) is 1. The first kappa shape index (κ1) is 26.1. The average Bonchev–Trinajstić information content (AvgIpc) is 2.98. The lowest BCUT2D eigenvalue weighted by Crippen LogP contribution is -2.07. The highest BCUT2D eigenvalue weighted by Crippen LogP contribution is 2.37. The molecule has 0 radical (unpaired) electrons. The normalized spacial score (nSPS) is 11.2. The molecule has 0 saturated carbocycles. The van der Waals surface area contributed by atoms with E-state index in [9.17, 15) is 4.79 Å². The molecule has 0 spiro atoms. The summed E-state index contributed by atoms with van der Waals surface area (Å²) in [6.45, 7) is 5.05. The first-order valence-corrected chi connectivity index (χ1v) is 13.2. The van der Waals surface area contributed by atoms with E-state index in [0.717, 1.165) is 33.2 Å². The Morgan fingerprint density at radius 1 is 0.923 bits per heavy atom. The highest BCUT2D eigenvalue weighted by molar-refractivity contribution is 6.08. The van der Waals surface area contributed by atoms with E-state index in [-0.39, 0.29) is 11.9 Å². The van der Waals surface area contributed by atoms with Crippen LogP contribution in [0.3, 0.4) is 0 Å². The molecule has 5 aromatic rings. The number of rotatable bonds is 11. The summed E-state index contributed by atoms with van der Waals surface area (Å²) in [4.78, 5) is 21.7. The molecule has 0 atom stereocenters. The van der Waals surface area contributed by atoms with Gasteiger partial charge in [0.25, 0.3) is 0 Å². The van der Waals surface area contributed by atoms with Gasteiger partial charge in [0.05, 0.1) is 18.3 Å². The van der Waals surface area contributed by atoms with Crippen molar-refractivity contribution in [2.24, 2.45) is 0 Å². The highest BCUT2D eigenvalue weighted by atomic mass is 16.5. The molecule has 196 valence electrons.